The molecule has 0 fully saturated rings. The van der Waals surface area contributed by atoms with Crippen molar-refractivity contribution >= 4 is 16.9 Å². The third-order valence-electron chi connectivity index (χ3n) is 3.65. The number of nitrogens with one attached hydrogen (secondary N) is 1. The molecule has 0 aliphatic heterocycles. The molecule has 0 amide bonds. The first-order valence-electron chi connectivity index (χ1n) is 7.07. The SMILES string of the molecule is CN(C)C(CNCc1cnn2ccccc12)c1cccs1. The zero-order valence-electron chi connectivity index (χ0n) is 12.4. The van der Waals surface area contributed by atoms with Crippen LogP contribution in [0.25, 0.3) is 5.52 Å². The average molecular weight is 300 g/mol. The zero-order chi connectivity index (χ0) is 14.7. The van der Waals surface area contributed by atoms with Gasteiger partial charge in [-0.1, -0.05) is 12.1 Å². The summed E-state index contributed by atoms with van der Waals surface area (Å²) in [7, 11) is 4.25. The Kier molecular flexibility index (Phi) is 4.34. The van der Waals surface area contributed by atoms with Crippen molar-refractivity contribution in [1.82, 2.24) is 19.8 Å². The quantitative estimate of drug-likeness (QED) is 0.760. The highest BCUT2D eigenvalue weighted by molar-refractivity contribution is 7.10. The van der Waals surface area contributed by atoms with Gasteiger partial charge in [-0.2, -0.15) is 5.10 Å². The van der Waals surface area contributed by atoms with E-state index >= 15 is 0 Å². The lowest BCUT2D eigenvalue weighted by Crippen LogP contribution is -2.30. The Labute approximate surface area is 129 Å². The van der Waals surface area contributed by atoms with Crippen molar-refractivity contribution in [2.24, 2.45) is 0 Å². The summed E-state index contributed by atoms with van der Waals surface area (Å²) in [5.41, 5.74) is 2.40. The second-order valence-electron chi connectivity index (χ2n) is 5.33. The first-order chi connectivity index (χ1) is 10.3. The molecule has 0 aliphatic rings. The number of hydrogen-bond acceptors (Lipinski definition) is 4. The highest BCUT2D eigenvalue weighted by Gasteiger charge is 2.14. The van der Waals surface area contributed by atoms with Crippen molar-refractivity contribution < 1.29 is 0 Å². The summed E-state index contributed by atoms with van der Waals surface area (Å²) in [6, 6.07) is 10.9. The zero-order valence-corrected chi connectivity index (χ0v) is 13.2. The van der Waals surface area contributed by atoms with E-state index in [9.17, 15) is 0 Å². The molecule has 5 heteroatoms. The highest BCUT2D eigenvalue weighted by Crippen LogP contribution is 2.22. The number of pyridine rings is 1. The van der Waals surface area contributed by atoms with Crippen LogP contribution in [0, 0.1) is 0 Å². The second-order valence-corrected chi connectivity index (χ2v) is 6.31. The molecule has 3 aromatic heterocycles. The molecule has 1 N–H and O–H groups in total. The van der Waals surface area contributed by atoms with E-state index in [0.29, 0.717) is 6.04 Å². The number of likely N-dealkylation sites (N-methyl/N-ethyl adjacent to an activating group) is 1. The van der Waals surface area contributed by atoms with Gasteiger partial charge in [0, 0.05) is 29.7 Å². The standard InChI is InChI=1S/C16H20N4S/c1-19(2)15(16-7-5-9-21-16)12-17-10-13-11-18-20-8-4-3-6-14(13)20/h3-9,11,15,17H,10,12H2,1-2H3. The first-order valence-corrected chi connectivity index (χ1v) is 7.95. The maximum atomic E-state index is 4.37. The molecule has 0 bridgehead atoms. The van der Waals surface area contributed by atoms with Crippen LogP contribution in [0.5, 0.6) is 0 Å². The molecule has 0 saturated heterocycles. The monoisotopic (exact) mass is 300 g/mol. The summed E-state index contributed by atoms with van der Waals surface area (Å²) in [6.45, 7) is 1.76. The Morgan fingerprint density at radius 3 is 2.95 bits per heavy atom. The van der Waals surface area contributed by atoms with Crippen LogP contribution in [0.4, 0.5) is 0 Å². The topological polar surface area (TPSA) is 32.6 Å². The fourth-order valence-electron chi connectivity index (χ4n) is 2.49. The fourth-order valence-corrected chi connectivity index (χ4v) is 3.41. The molecular weight excluding hydrogens is 280 g/mol. The molecule has 21 heavy (non-hydrogen) atoms. The van der Waals surface area contributed by atoms with Gasteiger partial charge in [0.25, 0.3) is 0 Å². The van der Waals surface area contributed by atoms with Gasteiger partial charge in [0.1, 0.15) is 0 Å². The molecule has 1 unspecified atom stereocenters. The molecule has 3 heterocycles. The van der Waals surface area contributed by atoms with Gasteiger partial charge in [-0.25, -0.2) is 4.52 Å². The van der Waals surface area contributed by atoms with Gasteiger partial charge in [-0.05, 0) is 37.7 Å². The molecule has 0 saturated carbocycles. The highest BCUT2D eigenvalue weighted by atomic mass is 32.1. The Morgan fingerprint density at radius 1 is 1.29 bits per heavy atom. The van der Waals surface area contributed by atoms with Gasteiger partial charge in [0.05, 0.1) is 17.8 Å². The van der Waals surface area contributed by atoms with Crippen molar-refractivity contribution in [1.29, 1.82) is 0 Å². The Hall–Kier alpha value is -1.69. The van der Waals surface area contributed by atoms with Crippen LogP contribution in [0.15, 0.2) is 48.1 Å². The van der Waals surface area contributed by atoms with Crippen LogP contribution in [0.1, 0.15) is 16.5 Å². The van der Waals surface area contributed by atoms with E-state index < -0.39 is 0 Å². The predicted molar refractivity (Wildman–Crippen MR) is 87.6 cm³/mol. The number of thiophene rings is 1. The van der Waals surface area contributed by atoms with Crippen LogP contribution >= 0.6 is 11.3 Å². The van der Waals surface area contributed by atoms with Crippen molar-refractivity contribution in [3.63, 3.8) is 0 Å². The van der Waals surface area contributed by atoms with E-state index in [1.54, 1.807) is 0 Å². The fraction of sp³-hybridized carbons (Fsp3) is 0.312. The minimum Gasteiger partial charge on any atom is -0.311 e. The van der Waals surface area contributed by atoms with Gasteiger partial charge in [-0.15, -0.1) is 11.3 Å². The molecule has 0 radical (unpaired) electrons. The number of fused-ring (bicyclic) bond motifs is 1. The van der Waals surface area contributed by atoms with E-state index in [1.165, 1.54) is 16.0 Å². The normalized spacial score (nSPS) is 13.1. The second kappa shape index (κ2) is 6.39. The minimum atomic E-state index is 0.409. The molecular formula is C16H20N4S. The molecule has 3 rings (SSSR count). The molecule has 110 valence electrons. The van der Waals surface area contributed by atoms with Crippen LogP contribution in [-0.2, 0) is 6.54 Å². The number of nitrogens with zero attached hydrogens (tertiary/aromatic N) is 3. The third kappa shape index (κ3) is 3.15. The van der Waals surface area contributed by atoms with Crippen LogP contribution < -0.4 is 5.32 Å². The lowest BCUT2D eigenvalue weighted by molar-refractivity contribution is 0.292. The summed E-state index contributed by atoms with van der Waals surface area (Å²) in [5.74, 6) is 0. The van der Waals surface area contributed by atoms with Crippen LogP contribution in [0.3, 0.4) is 0 Å². The van der Waals surface area contributed by atoms with Crippen molar-refractivity contribution in [3.05, 3.63) is 58.5 Å². The molecule has 0 aliphatic carbocycles. The first kappa shape index (κ1) is 14.3. The lowest BCUT2D eigenvalue weighted by Gasteiger charge is -2.23. The Balaban J connectivity index is 1.65. The summed E-state index contributed by atoms with van der Waals surface area (Å²) >= 11 is 1.81. The summed E-state index contributed by atoms with van der Waals surface area (Å²) in [6.07, 6.45) is 3.92. The minimum absolute atomic E-state index is 0.409. The summed E-state index contributed by atoms with van der Waals surface area (Å²) in [5, 5.41) is 10.1. The molecule has 4 nitrogen and oxygen atoms in total. The van der Waals surface area contributed by atoms with Crippen molar-refractivity contribution in [2.75, 3.05) is 20.6 Å². The van der Waals surface area contributed by atoms with Crippen molar-refractivity contribution in [2.45, 2.75) is 12.6 Å². The van der Waals surface area contributed by atoms with E-state index in [-0.39, 0.29) is 0 Å². The molecule has 0 spiro atoms. The van der Waals surface area contributed by atoms with Gasteiger partial charge in [-0.3, -0.25) is 0 Å². The molecule has 0 aromatic carbocycles. The van der Waals surface area contributed by atoms with Gasteiger partial charge >= 0.3 is 0 Å². The van der Waals surface area contributed by atoms with Gasteiger partial charge in [0.2, 0.25) is 0 Å². The van der Waals surface area contributed by atoms with Crippen LogP contribution in [0.2, 0.25) is 0 Å². The number of hydrogen-bond donors (Lipinski definition) is 1. The number of rotatable bonds is 6. The van der Waals surface area contributed by atoms with E-state index in [4.69, 9.17) is 0 Å². The Morgan fingerprint density at radius 2 is 2.19 bits per heavy atom. The van der Waals surface area contributed by atoms with Gasteiger partial charge < -0.3 is 10.2 Å². The number of aromatic nitrogens is 2. The van der Waals surface area contributed by atoms with E-state index in [0.717, 1.165) is 13.1 Å². The van der Waals surface area contributed by atoms with Gasteiger partial charge in [0.15, 0.2) is 0 Å². The predicted octanol–water partition coefficient (Wildman–Crippen LogP) is 2.79. The van der Waals surface area contributed by atoms with E-state index in [2.05, 4.69) is 59.1 Å². The van der Waals surface area contributed by atoms with Crippen LogP contribution in [-0.4, -0.2) is 35.2 Å². The summed E-state index contributed by atoms with van der Waals surface area (Å²) in [4.78, 5) is 3.65. The maximum Gasteiger partial charge on any atom is 0.0706 e. The smallest absolute Gasteiger partial charge is 0.0706 e. The summed E-state index contributed by atoms with van der Waals surface area (Å²) < 4.78 is 1.92. The van der Waals surface area contributed by atoms with E-state index in [1.807, 2.05) is 34.3 Å². The molecule has 3 aromatic rings. The Bertz CT molecular complexity index is 687. The average Bonchev–Trinajstić information content (AvgIpc) is 3.13. The van der Waals surface area contributed by atoms with Crippen molar-refractivity contribution in [3.8, 4) is 0 Å². The largest absolute Gasteiger partial charge is 0.311 e. The lowest BCUT2D eigenvalue weighted by atomic mass is 10.2. The molecule has 1 atom stereocenters. The third-order valence-corrected chi connectivity index (χ3v) is 4.63. The maximum absolute atomic E-state index is 4.37.